The van der Waals surface area contributed by atoms with Crippen molar-refractivity contribution >= 4 is 5.96 Å². The third kappa shape index (κ3) is 6.07. The van der Waals surface area contributed by atoms with Gasteiger partial charge < -0.3 is 29.6 Å². The van der Waals surface area contributed by atoms with Gasteiger partial charge in [-0.1, -0.05) is 30.3 Å². The molecule has 2 atom stereocenters. The van der Waals surface area contributed by atoms with Gasteiger partial charge in [-0.3, -0.25) is 0 Å². The van der Waals surface area contributed by atoms with Crippen molar-refractivity contribution in [3.63, 3.8) is 0 Å². The van der Waals surface area contributed by atoms with Crippen molar-refractivity contribution in [3.8, 4) is 17.2 Å². The summed E-state index contributed by atoms with van der Waals surface area (Å²) in [5.74, 6) is 2.99. The van der Waals surface area contributed by atoms with Crippen molar-refractivity contribution in [2.45, 2.75) is 32.4 Å². The summed E-state index contributed by atoms with van der Waals surface area (Å²) in [6.07, 6.45) is 2.31. The van der Waals surface area contributed by atoms with E-state index in [4.69, 9.17) is 23.9 Å². The quantitative estimate of drug-likeness (QED) is 0.454. The Morgan fingerprint density at radius 3 is 2.38 bits per heavy atom. The molecule has 0 spiro atoms. The predicted octanol–water partition coefficient (Wildman–Crippen LogP) is 3.94. The van der Waals surface area contributed by atoms with E-state index in [0.29, 0.717) is 29.7 Å². The summed E-state index contributed by atoms with van der Waals surface area (Å²) in [6.45, 7) is 4.93. The highest BCUT2D eigenvalue weighted by molar-refractivity contribution is 5.79. The molecule has 1 fully saturated rings. The van der Waals surface area contributed by atoms with Crippen LogP contribution in [-0.2, 0) is 11.3 Å². The second-order valence-corrected chi connectivity index (χ2v) is 7.71. The molecule has 2 unspecified atom stereocenters. The molecule has 1 aliphatic rings. The molecule has 0 aromatic heterocycles. The van der Waals surface area contributed by atoms with E-state index in [0.717, 1.165) is 44.1 Å². The van der Waals surface area contributed by atoms with Crippen LogP contribution in [0.3, 0.4) is 0 Å². The molecule has 0 amide bonds. The summed E-state index contributed by atoms with van der Waals surface area (Å²) in [5.41, 5.74) is 2.21. The molecule has 3 rings (SSSR count). The number of hydrogen-bond donors (Lipinski definition) is 2. The number of ether oxygens (including phenoxy) is 4. The SMILES string of the molecule is CCNC(=NCc1cc(OC)c(OC)c(OC)c1)NCC1CCCOC1c1ccccc1. The highest BCUT2D eigenvalue weighted by atomic mass is 16.5. The van der Waals surface area contributed by atoms with Crippen LogP contribution in [0, 0.1) is 5.92 Å². The molecule has 2 aromatic carbocycles. The van der Waals surface area contributed by atoms with Gasteiger partial charge in [0.1, 0.15) is 0 Å². The fourth-order valence-corrected chi connectivity index (χ4v) is 4.03. The topological polar surface area (TPSA) is 73.3 Å². The van der Waals surface area contributed by atoms with Crippen molar-refractivity contribution < 1.29 is 18.9 Å². The summed E-state index contributed by atoms with van der Waals surface area (Å²) >= 11 is 0. The van der Waals surface area contributed by atoms with Gasteiger partial charge in [0.25, 0.3) is 0 Å². The smallest absolute Gasteiger partial charge is 0.203 e. The molecule has 0 aliphatic carbocycles. The lowest BCUT2D eigenvalue weighted by Gasteiger charge is -2.32. The predicted molar refractivity (Wildman–Crippen MR) is 127 cm³/mol. The molecule has 2 N–H and O–H groups in total. The van der Waals surface area contributed by atoms with E-state index in [2.05, 4.69) is 41.8 Å². The van der Waals surface area contributed by atoms with Crippen LogP contribution in [0.5, 0.6) is 17.2 Å². The molecular weight excluding hydrogens is 406 g/mol. The van der Waals surface area contributed by atoms with E-state index in [1.54, 1.807) is 21.3 Å². The average Bonchev–Trinajstić information content (AvgIpc) is 2.85. The van der Waals surface area contributed by atoms with Crippen molar-refractivity contribution in [2.75, 3.05) is 41.0 Å². The number of nitrogens with one attached hydrogen (secondary N) is 2. The van der Waals surface area contributed by atoms with Gasteiger partial charge in [0.15, 0.2) is 17.5 Å². The highest BCUT2D eigenvalue weighted by Crippen LogP contribution is 2.38. The Morgan fingerprint density at radius 1 is 1.03 bits per heavy atom. The minimum atomic E-state index is 0.107. The van der Waals surface area contributed by atoms with E-state index in [9.17, 15) is 0 Å². The standard InChI is InChI=1S/C25H35N3O4/c1-5-26-25(27-16-18-14-21(29-2)24(31-4)22(15-18)30-3)28-17-20-12-9-13-32-23(20)19-10-7-6-8-11-19/h6-8,10-11,14-15,20,23H,5,9,12-13,16-17H2,1-4H3,(H2,26,27,28). The summed E-state index contributed by atoms with van der Waals surface area (Å²) in [5, 5.41) is 6.85. The van der Waals surface area contributed by atoms with Crippen LogP contribution < -0.4 is 24.8 Å². The number of benzene rings is 2. The molecule has 7 heteroatoms. The molecule has 7 nitrogen and oxygen atoms in total. The Kier molecular flexibility index (Phi) is 9.04. The maximum atomic E-state index is 6.13. The summed E-state index contributed by atoms with van der Waals surface area (Å²) < 4.78 is 22.4. The van der Waals surface area contributed by atoms with Crippen molar-refractivity contribution in [1.29, 1.82) is 0 Å². The first kappa shape index (κ1) is 23.7. The molecular formula is C25H35N3O4. The maximum Gasteiger partial charge on any atom is 0.203 e. The van der Waals surface area contributed by atoms with Crippen molar-refractivity contribution in [1.82, 2.24) is 10.6 Å². The summed E-state index contributed by atoms with van der Waals surface area (Å²) in [4.78, 5) is 4.77. The molecule has 0 radical (unpaired) electrons. The largest absolute Gasteiger partial charge is 0.493 e. The van der Waals surface area contributed by atoms with Gasteiger partial charge in [0.2, 0.25) is 5.75 Å². The Balaban J connectivity index is 1.70. The molecule has 0 saturated carbocycles. The number of guanidine groups is 1. The van der Waals surface area contributed by atoms with E-state index in [-0.39, 0.29) is 6.10 Å². The van der Waals surface area contributed by atoms with Gasteiger partial charge in [0.05, 0.1) is 34.0 Å². The van der Waals surface area contributed by atoms with Gasteiger partial charge in [-0.05, 0) is 43.0 Å². The Hall–Kier alpha value is -2.93. The molecule has 2 aromatic rings. The van der Waals surface area contributed by atoms with Gasteiger partial charge in [-0.25, -0.2) is 4.99 Å². The molecule has 1 heterocycles. The monoisotopic (exact) mass is 441 g/mol. The van der Waals surface area contributed by atoms with Crippen molar-refractivity contribution in [3.05, 3.63) is 53.6 Å². The third-order valence-electron chi connectivity index (χ3n) is 5.59. The van der Waals surface area contributed by atoms with Crippen LogP contribution in [0.4, 0.5) is 0 Å². The number of nitrogens with zero attached hydrogens (tertiary/aromatic N) is 1. The molecule has 1 saturated heterocycles. The number of rotatable bonds is 9. The van der Waals surface area contributed by atoms with Crippen LogP contribution >= 0.6 is 0 Å². The van der Waals surface area contributed by atoms with Crippen LogP contribution in [0.2, 0.25) is 0 Å². The maximum absolute atomic E-state index is 6.13. The fraction of sp³-hybridized carbons (Fsp3) is 0.480. The first-order valence-electron chi connectivity index (χ1n) is 11.2. The zero-order chi connectivity index (χ0) is 22.8. The van der Waals surface area contributed by atoms with E-state index >= 15 is 0 Å². The first-order chi connectivity index (χ1) is 15.7. The normalized spacial score (nSPS) is 18.7. The highest BCUT2D eigenvalue weighted by Gasteiger charge is 2.27. The Morgan fingerprint density at radius 2 is 1.75 bits per heavy atom. The van der Waals surface area contributed by atoms with E-state index < -0.39 is 0 Å². The second kappa shape index (κ2) is 12.2. The molecule has 1 aliphatic heterocycles. The number of aliphatic imine (C=N–C) groups is 1. The zero-order valence-corrected chi connectivity index (χ0v) is 19.5. The Bertz CT molecular complexity index is 848. The molecule has 0 bridgehead atoms. The molecule has 32 heavy (non-hydrogen) atoms. The van der Waals surface area contributed by atoms with Crippen molar-refractivity contribution in [2.24, 2.45) is 10.9 Å². The van der Waals surface area contributed by atoms with Gasteiger partial charge in [-0.2, -0.15) is 0 Å². The number of methoxy groups -OCH3 is 3. The van der Waals surface area contributed by atoms with E-state index in [1.165, 1.54) is 5.56 Å². The number of hydrogen-bond acceptors (Lipinski definition) is 5. The van der Waals surface area contributed by atoms with Crippen LogP contribution in [-0.4, -0.2) is 47.0 Å². The fourth-order valence-electron chi connectivity index (χ4n) is 4.03. The van der Waals surface area contributed by atoms with Gasteiger partial charge in [-0.15, -0.1) is 0 Å². The average molecular weight is 442 g/mol. The van der Waals surface area contributed by atoms with E-state index in [1.807, 2.05) is 18.2 Å². The van der Waals surface area contributed by atoms with Crippen LogP contribution in [0.25, 0.3) is 0 Å². The Labute approximate surface area is 191 Å². The van der Waals surface area contributed by atoms with Gasteiger partial charge in [0, 0.05) is 25.6 Å². The third-order valence-corrected chi connectivity index (χ3v) is 5.59. The first-order valence-corrected chi connectivity index (χ1v) is 11.2. The lowest BCUT2D eigenvalue weighted by molar-refractivity contribution is -0.0265. The van der Waals surface area contributed by atoms with Crippen LogP contribution in [0.1, 0.15) is 37.0 Å². The van der Waals surface area contributed by atoms with Crippen LogP contribution in [0.15, 0.2) is 47.5 Å². The lowest BCUT2D eigenvalue weighted by Crippen LogP contribution is -2.42. The molecule has 174 valence electrons. The second-order valence-electron chi connectivity index (χ2n) is 7.71. The minimum absolute atomic E-state index is 0.107. The summed E-state index contributed by atoms with van der Waals surface area (Å²) in [6, 6.07) is 14.3. The minimum Gasteiger partial charge on any atom is -0.493 e. The summed E-state index contributed by atoms with van der Waals surface area (Å²) in [7, 11) is 4.83. The zero-order valence-electron chi connectivity index (χ0n) is 19.5. The van der Waals surface area contributed by atoms with Gasteiger partial charge >= 0.3 is 0 Å². The lowest BCUT2D eigenvalue weighted by atomic mass is 9.89.